The number of benzene rings is 4. The van der Waals surface area contributed by atoms with Crippen LogP contribution in [0.25, 0.3) is 21.9 Å². The van der Waals surface area contributed by atoms with Crippen LogP contribution in [-0.2, 0) is 0 Å². The van der Waals surface area contributed by atoms with E-state index in [1.165, 1.54) is 18.2 Å². The molecule has 0 saturated carbocycles. The number of carbonyl (C=O) groups is 1. The first-order valence-corrected chi connectivity index (χ1v) is 10.2. The average Bonchev–Trinajstić information content (AvgIpc) is 2.83. The molecule has 166 valence electrons. The van der Waals surface area contributed by atoms with E-state index in [4.69, 9.17) is 9.47 Å². The maximum absolute atomic E-state index is 13.1. The lowest BCUT2D eigenvalue weighted by Gasteiger charge is -2.15. The Labute approximate surface area is 190 Å². The van der Waals surface area contributed by atoms with E-state index in [9.17, 15) is 14.9 Å². The average molecular weight is 442 g/mol. The number of ether oxygens (including phenoxy) is 2. The summed E-state index contributed by atoms with van der Waals surface area (Å²) in [5, 5.41) is 15.5. The van der Waals surface area contributed by atoms with Gasteiger partial charge in [0.25, 0.3) is 11.6 Å². The molecule has 0 bridgehead atoms. The molecule has 0 fully saturated rings. The zero-order chi connectivity index (χ0) is 23.5. The number of anilines is 1. The molecular formula is C26H22N2O5. The Balaban J connectivity index is 1.84. The van der Waals surface area contributed by atoms with Crippen LogP contribution >= 0.6 is 0 Å². The number of rotatable bonds is 6. The first-order valence-electron chi connectivity index (χ1n) is 10.2. The van der Waals surface area contributed by atoms with E-state index < -0.39 is 4.92 Å². The van der Waals surface area contributed by atoms with Crippen LogP contribution < -0.4 is 14.8 Å². The van der Waals surface area contributed by atoms with E-state index >= 15 is 0 Å². The van der Waals surface area contributed by atoms with Crippen molar-refractivity contribution in [3.8, 4) is 22.6 Å². The number of fused-ring (bicyclic) bond motifs is 1. The van der Waals surface area contributed by atoms with Crippen molar-refractivity contribution in [1.29, 1.82) is 0 Å². The molecule has 0 aliphatic heterocycles. The van der Waals surface area contributed by atoms with Gasteiger partial charge in [-0.05, 0) is 59.2 Å². The number of methoxy groups -OCH3 is 2. The molecule has 1 amide bonds. The van der Waals surface area contributed by atoms with Gasteiger partial charge in [-0.25, -0.2) is 0 Å². The lowest BCUT2D eigenvalue weighted by Crippen LogP contribution is -2.12. The second kappa shape index (κ2) is 9.00. The van der Waals surface area contributed by atoms with Crippen LogP contribution in [0.1, 0.15) is 15.9 Å². The zero-order valence-corrected chi connectivity index (χ0v) is 18.4. The molecule has 0 saturated heterocycles. The molecule has 7 heteroatoms. The molecule has 0 aliphatic carbocycles. The van der Waals surface area contributed by atoms with Crippen molar-refractivity contribution < 1.29 is 19.2 Å². The Hall–Kier alpha value is -4.39. The Bertz CT molecular complexity index is 1360. The predicted octanol–water partition coefficient (Wildman–Crippen LogP) is 5.99. The fraction of sp³-hybridized carbons (Fsp3) is 0.115. The molecule has 0 unspecified atom stereocenters. The van der Waals surface area contributed by atoms with Gasteiger partial charge in [0.1, 0.15) is 0 Å². The fourth-order valence-corrected chi connectivity index (χ4v) is 3.69. The molecule has 1 N–H and O–H groups in total. The highest BCUT2D eigenvalue weighted by atomic mass is 16.6. The van der Waals surface area contributed by atoms with Gasteiger partial charge in [0.2, 0.25) is 0 Å². The molecule has 7 nitrogen and oxygen atoms in total. The number of amides is 1. The molecule has 0 atom stereocenters. The van der Waals surface area contributed by atoms with E-state index in [0.29, 0.717) is 22.7 Å². The second-order valence-corrected chi connectivity index (χ2v) is 7.58. The van der Waals surface area contributed by atoms with Gasteiger partial charge in [0, 0.05) is 23.4 Å². The summed E-state index contributed by atoms with van der Waals surface area (Å²) in [6, 6.07) is 21.2. The van der Waals surface area contributed by atoms with E-state index in [1.807, 2.05) is 49.4 Å². The number of carbonyl (C=O) groups excluding carboxylic acids is 1. The summed E-state index contributed by atoms with van der Waals surface area (Å²) < 4.78 is 10.9. The van der Waals surface area contributed by atoms with Gasteiger partial charge in [0.05, 0.1) is 19.1 Å². The Kier molecular flexibility index (Phi) is 5.95. The number of hydrogen-bond acceptors (Lipinski definition) is 5. The highest BCUT2D eigenvalue weighted by Crippen LogP contribution is 2.38. The van der Waals surface area contributed by atoms with Gasteiger partial charge < -0.3 is 14.8 Å². The summed E-state index contributed by atoms with van der Waals surface area (Å²) in [5.41, 5.74) is 3.60. The number of aryl methyl sites for hydroxylation is 1. The minimum Gasteiger partial charge on any atom is -0.493 e. The molecule has 0 radical (unpaired) electrons. The fourth-order valence-electron chi connectivity index (χ4n) is 3.69. The van der Waals surface area contributed by atoms with Gasteiger partial charge in [-0.3, -0.25) is 14.9 Å². The van der Waals surface area contributed by atoms with Crippen LogP contribution in [0.4, 0.5) is 11.4 Å². The van der Waals surface area contributed by atoms with Gasteiger partial charge in [0.15, 0.2) is 11.5 Å². The number of nitro groups is 1. The minimum atomic E-state index is -0.499. The highest BCUT2D eigenvalue weighted by molar-refractivity contribution is 6.10. The summed E-state index contributed by atoms with van der Waals surface area (Å²) in [4.78, 5) is 23.7. The topological polar surface area (TPSA) is 90.7 Å². The lowest BCUT2D eigenvalue weighted by atomic mass is 9.94. The SMILES string of the molecule is COc1cc2cc(C(=O)Nc3cccc([N+](=O)[O-])c3)cc(-c3ccc(C)cc3)c2cc1OC. The van der Waals surface area contributed by atoms with Crippen LogP contribution in [0.3, 0.4) is 0 Å². The van der Waals surface area contributed by atoms with E-state index in [2.05, 4.69) is 5.32 Å². The third-order valence-corrected chi connectivity index (χ3v) is 5.40. The molecular weight excluding hydrogens is 420 g/mol. The number of nitrogens with zero attached hydrogens (tertiary/aromatic N) is 1. The van der Waals surface area contributed by atoms with Gasteiger partial charge in [-0.15, -0.1) is 0 Å². The minimum absolute atomic E-state index is 0.0940. The van der Waals surface area contributed by atoms with E-state index in [-0.39, 0.29) is 11.6 Å². The zero-order valence-electron chi connectivity index (χ0n) is 18.4. The van der Waals surface area contributed by atoms with Crippen molar-refractivity contribution in [1.82, 2.24) is 0 Å². The van der Waals surface area contributed by atoms with Crippen molar-refractivity contribution in [2.75, 3.05) is 19.5 Å². The molecule has 4 aromatic carbocycles. The molecule has 4 aromatic rings. The summed E-state index contributed by atoms with van der Waals surface area (Å²) in [5.74, 6) is 0.767. The predicted molar refractivity (Wildman–Crippen MR) is 128 cm³/mol. The Morgan fingerprint density at radius 2 is 1.61 bits per heavy atom. The number of non-ortho nitro benzene ring substituents is 1. The molecule has 0 spiro atoms. The summed E-state index contributed by atoms with van der Waals surface area (Å²) in [7, 11) is 3.14. The van der Waals surface area contributed by atoms with Gasteiger partial charge in [-0.1, -0.05) is 35.9 Å². The van der Waals surface area contributed by atoms with Crippen LogP contribution in [-0.4, -0.2) is 25.1 Å². The lowest BCUT2D eigenvalue weighted by molar-refractivity contribution is -0.384. The first kappa shape index (κ1) is 21.8. The monoisotopic (exact) mass is 442 g/mol. The van der Waals surface area contributed by atoms with Crippen LogP contribution in [0.2, 0.25) is 0 Å². The van der Waals surface area contributed by atoms with E-state index in [0.717, 1.165) is 27.5 Å². The summed E-state index contributed by atoms with van der Waals surface area (Å²) >= 11 is 0. The highest BCUT2D eigenvalue weighted by Gasteiger charge is 2.16. The molecule has 0 aliphatic rings. The first-order chi connectivity index (χ1) is 15.9. The third kappa shape index (κ3) is 4.48. The maximum atomic E-state index is 13.1. The van der Waals surface area contributed by atoms with Crippen molar-refractivity contribution in [2.24, 2.45) is 0 Å². The molecule has 0 heterocycles. The summed E-state index contributed by atoms with van der Waals surface area (Å²) in [6.45, 7) is 2.01. The smallest absolute Gasteiger partial charge is 0.271 e. The molecule has 33 heavy (non-hydrogen) atoms. The third-order valence-electron chi connectivity index (χ3n) is 5.40. The summed E-state index contributed by atoms with van der Waals surface area (Å²) in [6.07, 6.45) is 0. The van der Waals surface area contributed by atoms with Crippen molar-refractivity contribution in [2.45, 2.75) is 6.92 Å². The second-order valence-electron chi connectivity index (χ2n) is 7.58. The van der Waals surface area contributed by atoms with Crippen LogP contribution in [0.5, 0.6) is 11.5 Å². The van der Waals surface area contributed by atoms with Crippen molar-refractivity contribution in [3.05, 3.63) is 94.0 Å². The Morgan fingerprint density at radius 3 is 2.27 bits per heavy atom. The molecule has 0 aromatic heterocycles. The number of nitro benzene ring substituents is 1. The van der Waals surface area contributed by atoms with Gasteiger partial charge in [-0.2, -0.15) is 0 Å². The standard InChI is InChI=1S/C26H22N2O5/c1-16-7-9-17(10-8-16)22-12-19(11-18-13-24(32-2)25(33-3)15-23(18)22)26(29)27-20-5-4-6-21(14-20)28(30)31/h4-15H,1-3H3,(H,27,29). The quantitative estimate of drug-likeness (QED) is 0.292. The van der Waals surface area contributed by atoms with Crippen LogP contribution in [0, 0.1) is 17.0 Å². The normalized spacial score (nSPS) is 10.6. The largest absolute Gasteiger partial charge is 0.493 e. The van der Waals surface area contributed by atoms with E-state index in [1.54, 1.807) is 26.4 Å². The maximum Gasteiger partial charge on any atom is 0.271 e. The Morgan fingerprint density at radius 1 is 0.909 bits per heavy atom. The van der Waals surface area contributed by atoms with Crippen molar-refractivity contribution >= 4 is 28.1 Å². The number of nitrogens with one attached hydrogen (secondary N) is 1. The number of hydrogen-bond donors (Lipinski definition) is 1. The van der Waals surface area contributed by atoms with Crippen LogP contribution in [0.15, 0.2) is 72.8 Å². The van der Waals surface area contributed by atoms with Crippen molar-refractivity contribution in [3.63, 3.8) is 0 Å². The van der Waals surface area contributed by atoms with Gasteiger partial charge >= 0.3 is 0 Å². The molecule has 4 rings (SSSR count).